The fraction of sp³-hybridized carbons (Fsp3) is 0.0870. The highest BCUT2D eigenvalue weighted by atomic mass is 127. The molecule has 0 aliphatic rings. The lowest BCUT2D eigenvalue weighted by atomic mass is 10.2. The lowest BCUT2D eigenvalue weighted by molar-refractivity contribution is 0.100. The molecule has 25 heteroatoms. The number of nitriles is 2. The van der Waals surface area contributed by atoms with Gasteiger partial charge in [-0.25, -0.2) is 24.9 Å². The van der Waals surface area contributed by atoms with Gasteiger partial charge in [0.1, 0.15) is 51.1 Å². The Kier molecular flexibility index (Phi) is 16.7. The topological polar surface area (TPSA) is 308 Å². The number of fused-ring (bicyclic) bond motifs is 3. The number of pyridine rings is 3. The number of benzene rings is 2. The van der Waals surface area contributed by atoms with Crippen LogP contribution in [0, 0.1) is 25.5 Å². The first-order valence-electron chi connectivity index (χ1n) is 20.3. The van der Waals surface area contributed by atoms with Gasteiger partial charge in [0, 0.05) is 72.6 Å². The lowest BCUT2D eigenvalue weighted by Crippen LogP contribution is -2.11. The molecule has 8 heterocycles. The molecule has 0 bridgehead atoms. The zero-order chi connectivity index (χ0) is 50.7. The SMILES string of the molecule is COc1ccc(CNc2ncc(C#N)c3sc(-n4ccnc4)cc23)cc1.COc1ccc(CNc2ncc(C#N)c3sc(I)cc23)cc1.NC(=O)c1cnc(N)c2cc(-n3ccnc3)sc12.O=S(=O)(O)O. The molecule has 360 valence electrons. The smallest absolute Gasteiger partial charge is 0.394 e. The molecule has 0 aliphatic heterocycles. The highest BCUT2D eigenvalue weighted by Gasteiger charge is 2.16. The van der Waals surface area contributed by atoms with Gasteiger partial charge in [0.15, 0.2) is 0 Å². The first-order valence-corrected chi connectivity index (χ1v) is 25.3. The van der Waals surface area contributed by atoms with Crippen LogP contribution in [0.3, 0.4) is 0 Å². The minimum atomic E-state index is -4.67. The van der Waals surface area contributed by atoms with Crippen molar-refractivity contribution in [3.63, 3.8) is 0 Å². The van der Waals surface area contributed by atoms with Crippen molar-refractivity contribution in [1.82, 2.24) is 34.1 Å². The summed E-state index contributed by atoms with van der Waals surface area (Å²) in [4.78, 5) is 32.2. The number of amides is 1. The average molecular weight is 1140 g/mol. The van der Waals surface area contributed by atoms with Gasteiger partial charge in [0.05, 0.1) is 60.5 Å². The number of aromatic nitrogens is 7. The maximum absolute atomic E-state index is 11.4. The van der Waals surface area contributed by atoms with E-state index in [9.17, 15) is 15.3 Å². The number of primary amides is 1. The number of carbonyl (C=O) groups excluding carboxylic acids is 1. The summed E-state index contributed by atoms with van der Waals surface area (Å²) in [5, 5.41) is 29.9. The van der Waals surface area contributed by atoms with Gasteiger partial charge in [-0.3, -0.25) is 23.0 Å². The van der Waals surface area contributed by atoms with E-state index < -0.39 is 16.3 Å². The first kappa shape index (κ1) is 51.1. The number of anilines is 3. The molecule has 2 aromatic carbocycles. The van der Waals surface area contributed by atoms with E-state index in [1.807, 2.05) is 82.2 Å². The first-order chi connectivity index (χ1) is 34.2. The van der Waals surface area contributed by atoms with Crippen molar-refractivity contribution in [3.05, 3.63) is 153 Å². The Morgan fingerprint density at radius 1 is 0.718 bits per heavy atom. The summed E-state index contributed by atoms with van der Waals surface area (Å²) < 4.78 is 49.5. The van der Waals surface area contributed by atoms with Crippen LogP contribution < -0.4 is 31.6 Å². The number of carbonyl (C=O) groups is 1. The molecule has 8 aromatic heterocycles. The van der Waals surface area contributed by atoms with E-state index in [2.05, 4.69) is 76.3 Å². The average Bonchev–Trinajstić information content (AvgIpc) is 4.23. The lowest BCUT2D eigenvalue weighted by Gasteiger charge is -2.08. The Labute approximate surface area is 430 Å². The third-order valence-electron chi connectivity index (χ3n) is 9.90. The second kappa shape index (κ2) is 23.2. The highest BCUT2D eigenvalue weighted by molar-refractivity contribution is 14.1. The monoisotopic (exact) mass is 1140 g/mol. The molecule has 0 saturated carbocycles. The predicted octanol–water partition coefficient (Wildman–Crippen LogP) is 8.88. The minimum absolute atomic E-state index is 0.385. The molecule has 10 rings (SSSR count). The summed E-state index contributed by atoms with van der Waals surface area (Å²) in [6.07, 6.45) is 15.2. The number of nitrogens with two attached hydrogens (primary N) is 2. The molecule has 0 saturated heterocycles. The molecule has 0 fully saturated rings. The number of thiophene rings is 3. The second-order valence-corrected chi connectivity index (χ2v) is 20.3. The van der Waals surface area contributed by atoms with Crippen LogP contribution in [-0.2, 0) is 23.5 Å². The van der Waals surface area contributed by atoms with Crippen molar-refractivity contribution in [2.45, 2.75) is 13.1 Å². The third kappa shape index (κ3) is 13.1. The van der Waals surface area contributed by atoms with Gasteiger partial charge in [-0.2, -0.15) is 18.9 Å². The molecule has 10 aromatic rings. The number of ether oxygens (including phenoxy) is 2. The molecular weight excluding hydrogens is 1100 g/mol. The number of nitrogens with zero attached hydrogens (tertiary/aromatic N) is 9. The molecule has 71 heavy (non-hydrogen) atoms. The molecular formula is C46H38IN13O7S4. The van der Waals surface area contributed by atoms with Crippen molar-refractivity contribution >= 4 is 121 Å². The summed E-state index contributed by atoms with van der Waals surface area (Å²) >= 11 is 6.86. The summed E-state index contributed by atoms with van der Waals surface area (Å²) in [7, 11) is -1.36. The van der Waals surface area contributed by atoms with Gasteiger partial charge in [-0.15, -0.1) is 34.0 Å². The fourth-order valence-electron chi connectivity index (χ4n) is 6.54. The minimum Gasteiger partial charge on any atom is -0.497 e. The maximum atomic E-state index is 11.4. The van der Waals surface area contributed by atoms with Crippen LogP contribution >= 0.6 is 56.6 Å². The van der Waals surface area contributed by atoms with Crippen molar-refractivity contribution in [2.24, 2.45) is 5.73 Å². The van der Waals surface area contributed by atoms with Crippen molar-refractivity contribution in [1.29, 1.82) is 10.5 Å². The summed E-state index contributed by atoms with van der Waals surface area (Å²) in [5.41, 5.74) is 15.0. The zero-order valence-electron chi connectivity index (χ0n) is 37.1. The molecule has 0 radical (unpaired) electrons. The van der Waals surface area contributed by atoms with E-state index in [-0.39, 0.29) is 0 Å². The van der Waals surface area contributed by atoms with Crippen molar-refractivity contribution < 1.29 is 31.8 Å². The van der Waals surface area contributed by atoms with Gasteiger partial charge in [0.25, 0.3) is 5.91 Å². The van der Waals surface area contributed by atoms with Crippen molar-refractivity contribution in [3.8, 4) is 33.6 Å². The highest BCUT2D eigenvalue weighted by Crippen LogP contribution is 2.36. The number of methoxy groups -OCH3 is 2. The molecule has 0 unspecified atom stereocenters. The van der Waals surface area contributed by atoms with Crippen LogP contribution in [0.15, 0.2) is 123 Å². The Morgan fingerprint density at radius 2 is 1.17 bits per heavy atom. The summed E-state index contributed by atoms with van der Waals surface area (Å²) in [6.45, 7) is 1.30. The standard InChI is InChI=1S/C19H15N5OS.C16H12IN3OS.C11H9N5OS.H2O4S/c1-25-15-4-2-13(3-5-15)10-22-19-16-8-17(24-7-6-21-12-24)26-18(16)14(9-20)11-23-19;1-21-12-4-2-10(3-5-12)8-19-16-13-6-14(17)22-15(13)11(7-18)9-20-16;12-10-6-3-8(16-2-1-14-5-16)18-9(6)7(4-15-10)11(13)17;1-5(2,3)4/h2-8,11-12H,10H2,1H3,(H,22,23);2-6,9H,8H2,1H3,(H,19,20);1-5H,(H2,12,15)(H2,13,17);(H2,1,2,3,4). The number of hydrogen-bond acceptors (Lipinski definition) is 18. The second-order valence-electron chi connectivity index (χ2n) is 14.4. The number of nitrogens with one attached hydrogen (secondary N) is 2. The van der Waals surface area contributed by atoms with Gasteiger partial charge in [0.2, 0.25) is 0 Å². The Hall–Kier alpha value is -7.76. The van der Waals surface area contributed by atoms with Crippen LogP contribution in [0.25, 0.3) is 40.3 Å². The van der Waals surface area contributed by atoms with Crippen LogP contribution in [0.4, 0.5) is 17.5 Å². The van der Waals surface area contributed by atoms with Gasteiger partial charge in [-0.05, 0) is 76.2 Å². The fourth-order valence-corrected chi connectivity index (χ4v) is 10.6. The van der Waals surface area contributed by atoms with E-state index in [0.29, 0.717) is 35.6 Å². The quantitative estimate of drug-likeness (QED) is 0.0520. The number of imidazole rings is 2. The number of rotatable bonds is 11. The van der Waals surface area contributed by atoms with E-state index >= 15 is 0 Å². The normalized spacial score (nSPS) is 10.7. The molecule has 0 aliphatic carbocycles. The van der Waals surface area contributed by atoms with Gasteiger partial charge in [-0.1, -0.05) is 24.3 Å². The maximum Gasteiger partial charge on any atom is 0.394 e. The number of halogens is 1. The van der Waals surface area contributed by atoms with Crippen molar-refractivity contribution in [2.75, 3.05) is 30.6 Å². The third-order valence-corrected chi connectivity index (χ3v) is 14.2. The Balaban J connectivity index is 0.000000151. The predicted molar refractivity (Wildman–Crippen MR) is 283 cm³/mol. The van der Waals surface area contributed by atoms with Gasteiger partial charge < -0.3 is 31.6 Å². The molecule has 0 atom stereocenters. The Bertz CT molecular complexity index is 3640. The molecule has 0 spiro atoms. The Morgan fingerprint density at radius 3 is 1.61 bits per heavy atom. The largest absolute Gasteiger partial charge is 0.497 e. The van der Waals surface area contributed by atoms with Crippen LogP contribution in [-0.4, -0.2) is 71.7 Å². The molecule has 8 N–H and O–H groups in total. The number of nitrogen functional groups attached to an aromatic ring is 1. The summed E-state index contributed by atoms with van der Waals surface area (Å²) in [6, 6.07) is 26.2. The van der Waals surface area contributed by atoms with E-state index in [0.717, 1.165) is 77.4 Å². The summed E-state index contributed by atoms with van der Waals surface area (Å²) in [5.74, 6) is 3.12. The van der Waals surface area contributed by atoms with Crippen LogP contribution in [0.5, 0.6) is 11.5 Å². The van der Waals surface area contributed by atoms with E-state index in [4.69, 9.17) is 38.5 Å². The van der Waals surface area contributed by atoms with Gasteiger partial charge >= 0.3 is 10.4 Å². The van der Waals surface area contributed by atoms with E-state index in [1.165, 1.54) is 17.5 Å². The van der Waals surface area contributed by atoms with Crippen LogP contribution in [0.1, 0.15) is 32.6 Å². The molecule has 1 amide bonds. The number of hydrogen-bond donors (Lipinski definition) is 6. The molecule has 20 nitrogen and oxygen atoms in total. The van der Waals surface area contributed by atoms with Crippen LogP contribution in [0.2, 0.25) is 0 Å². The van der Waals surface area contributed by atoms with E-state index in [1.54, 1.807) is 74.3 Å². The zero-order valence-corrected chi connectivity index (χ0v) is 42.5.